The molecule has 2 heterocycles. The zero-order valence-corrected chi connectivity index (χ0v) is 12.0. The maximum absolute atomic E-state index is 12.4. The molecule has 3 rings (SSSR count). The fourth-order valence-electron chi connectivity index (χ4n) is 3.45. The molecule has 1 aliphatic heterocycles. The molecular formula is C15H23N3O2. The normalized spacial score (nSPS) is 28.0. The number of hydrogen-bond donors (Lipinski definition) is 1. The third-order valence-electron chi connectivity index (χ3n) is 4.68. The van der Waals surface area contributed by atoms with Gasteiger partial charge in [-0.25, -0.2) is 0 Å². The first-order valence-electron chi connectivity index (χ1n) is 7.49. The summed E-state index contributed by atoms with van der Waals surface area (Å²) in [7, 11) is 1.90. The first-order valence-corrected chi connectivity index (χ1v) is 7.49. The molecule has 0 unspecified atom stereocenters. The van der Waals surface area contributed by atoms with Crippen molar-refractivity contribution in [2.24, 2.45) is 7.05 Å². The number of hydrogen-bond acceptors (Lipinski definition) is 3. The van der Waals surface area contributed by atoms with Gasteiger partial charge >= 0.3 is 0 Å². The topological polar surface area (TPSA) is 48.7 Å². The Morgan fingerprint density at radius 2 is 2.00 bits per heavy atom. The van der Waals surface area contributed by atoms with Crippen LogP contribution in [0.1, 0.15) is 29.8 Å². The summed E-state index contributed by atoms with van der Waals surface area (Å²) in [5.74, 6) is 0.115. The molecule has 1 saturated heterocycles. The summed E-state index contributed by atoms with van der Waals surface area (Å²) in [6.07, 6.45) is 4.86. The molecule has 1 aromatic heterocycles. The van der Waals surface area contributed by atoms with Crippen LogP contribution in [0.15, 0.2) is 18.3 Å². The SMILES string of the molecule is Cn1cccc1C(=O)N1CCN([C@H]2CCC[C@@H]2O)CC1. The fourth-order valence-corrected chi connectivity index (χ4v) is 3.45. The predicted molar refractivity (Wildman–Crippen MR) is 76.5 cm³/mol. The second-order valence-corrected chi connectivity index (χ2v) is 5.90. The minimum atomic E-state index is -0.176. The Balaban J connectivity index is 1.58. The number of amides is 1. The molecule has 2 atom stereocenters. The Labute approximate surface area is 119 Å². The van der Waals surface area contributed by atoms with Crippen molar-refractivity contribution >= 4 is 5.91 Å². The number of carbonyl (C=O) groups is 1. The zero-order chi connectivity index (χ0) is 14.1. The first-order chi connectivity index (χ1) is 9.66. The Kier molecular flexibility index (Phi) is 3.81. The van der Waals surface area contributed by atoms with Gasteiger partial charge in [-0.2, -0.15) is 0 Å². The number of aliphatic hydroxyl groups excluding tert-OH is 1. The van der Waals surface area contributed by atoms with E-state index in [0.717, 1.165) is 51.1 Å². The number of carbonyl (C=O) groups excluding carboxylic acids is 1. The van der Waals surface area contributed by atoms with Crippen LogP contribution in [-0.2, 0) is 7.05 Å². The lowest BCUT2D eigenvalue weighted by atomic mass is 10.1. The third kappa shape index (κ3) is 2.47. The lowest BCUT2D eigenvalue weighted by Gasteiger charge is -2.39. The van der Waals surface area contributed by atoms with Crippen molar-refractivity contribution in [3.05, 3.63) is 24.0 Å². The molecule has 5 nitrogen and oxygen atoms in total. The van der Waals surface area contributed by atoms with Gasteiger partial charge in [0, 0.05) is 45.5 Å². The van der Waals surface area contributed by atoms with Crippen LogP contribution in [0, 0.1) is 0 Å². The second kappa shape index (κ2) is 5.58. The quantitative estimate of drug-likeness (QED) is 0.865. The molecule has 0 spiro atoms. The molecule has 0 aromatic carbocycles. The van der Waals surface area contributed by atoms with Gasteiger partial charge in [-0.3, -0.25) is 9.69 Å². The number of aryl methyl sites for hydroxylation is 1. The molecule has 5 heteroatoms. The minimum absolute atomic E-state index is 0.115. The van der Waals surface area contributed by atoms with E-state index in [-0.39, 0.29) is 12.0 Å². The molecule has 1 aliphatic carbocycles. The number of nitrogens with zero attached hydrogens (tertiary/aromatic N) is 3. The van der Waals surface area contributed by atoms with Gasteiger partial charge in [0.1, 0.15) is 5.69 Å². The van der Waals surface area contributed by atoms with E-state index in [0.29, 0.717) is 6.04 Å². The maximum Gasteiger partial charge on any atom is 0.270 e. The average Bonchev–Trinajstić information content (AvgIpc) is 3.07. The molecule has 0 bridgehead atoms. The molecule has 1 amide bonds. The third-order valence-corrected chi connectivity index (χ3v) is 4.68. The van der Waals surface area contributed by atoms with E-state index in [2.05, 4.69) is 4.90 Å². The molecular weight excluding hydrogens is 254 g/mol. The van der Waals surface area contributed by atoms with Gasteiger partial charge in [0.25, 0.3) is 5.91 Å². The molecule has 1 aromatic rings. The Morgan fingerprint density at radius 1 is 1.25 bits per heavy atom. The smallest absolute Gasteiger partial charge is 0.270 e. The highest BCUT2D eigenvalue weighted by atomic mass is 16.3. The Morgan fingerprint density at radius 3 is 2.55 bits per heavy atom. The zero-order valence-electron chi connectivity index (χ0n) is 12.0. The van der Waals surface area contributed by atoms with Crippen LogP contribution in [0.4, 0.5) is 0 Å². The van der Waals surface area contributed by atoms with Gasteiger partial charge in [0.05, 0.1) is 6.10 Å². The van der Waals surface area contributed by atoms with E-state index in [1.165, 1.54) is 0 Å². The van der Waals surface area contributed by atoms with Crippen molar-refractivity contribution in [1.82, 2.24) is 14.4 Å². The van der Waals surface area contributed by atoms with Crippen molar-refractivity contribution in [3.8, 4) is 0 Å². The number of aromatic nitrogens is 1. The van der Waals surface area contributed by atoms with Gasteiger partial charge in [-0.05, 0) is 31.4 Å². The van der Waals surface area contributed by atoms with E-state index in [9.17, 15) is 9.90 Å². The van der Waals surface area contributed by atoms with Crippen LogP contribution in [0.25, 0.3) is 0 Å². The van der Waals surface area contributed by atoms with E-state index in [1.807, 2.05) is 34.8 Å². The van der Waals surface area contributed by atoms with E-state index in [1.54, 1.807) is 0 Å². The van der Waals surface area contributed by atoms with Crippen LogP contribution in [0.3, 0.4) is 0 Å². The molecule has 20 heavy (non-hydrogen) atoms. The average molecular weight is 277 g/mol. The first kappa shape index (κ1) is 13.6. The van der Waals surface area contributed by atoms with Crippen LogP contribution in [0.2, 0.25) is 0 Å². The van der Waals surface area contributed by atoms with Crippen molar-refractivity contribution in [3.63, 3.8) is 0 Å². The summed E-state index contributed by atoms with van der Waals surface area (Å²) in [6, 6.07) is 4.08. The van der Waals surface area contributed by atoms with Crippen molar-refractivity contribution in [2.45, 2.75) is 31.4 Å². The molecule has 1 N–H and O–H groups in total. The fraction of sp³-hybridized carbons (Fsp3) is 0.667. The number of aliphatic hydroxyl groups is 1. The standard InChI is InChI=1S/C15H23N3O2/c1-16-7-3-5-13(16)15(20)18-10-8-17(9-11-18)12-4-2-6-14(12)19/h3,5,7,12,14,19H,2,4,6,8-11H2,1H3/t12-,14-/m0/s1. The summed E-state index contributed by atoms with van der Waals surface area (Å²) in [6.45, 7) is 3.26. The van der Waals surface area contributed by atoms with E-state index in [4.69, 9.17) is 0 Å². The second-order valence-electron chi connectivity index (χ2n) is 5.90. The van der Waals surface area contributed by atoms with E-state index < -0.39 is 0 Å². The summed E-state index contributed by atoms with van der Waals surface area (Å²) in [5.41, 5.74) is 0.749. The van der Waals surface area contributed by atoms with Gasteiger partial charge < -0.3 is 14.6 Å². The number of piperazine rings is 1. The number of rotatable bonds is 2. The Hall–Kier alpha value is -1.33. The summed E-state index contributed by atoms with van der Waals surface area (Å²) < 4.78 is 1.87. The monoisotopic (exact) mass is 277 g/mol. The maximum atomic E-state index is 12.4. The van der Waals surface area contributed by atoms with Gasteiger partial charge in [0.2, 0.25) is 0 Å². The van der Waals surface area contributed by atoms with Crippen LogP contribution >= 0.6 is 0 Å². The lowest BCUT2D eigenvalue weighted by Crippen LogP contribution is -2.53. The highest BCUT2D eigenvalue weighted by Gasteiger charge is 2.33. The lowest BCUT2D eigenvalue weighted by molar-refractivity contribution is 0.0311. The molecule has 0 radical (unpaired) electrons. The van der Waals surface area contributed by atoms with Crippen LogP contribution < -0.4 is 0 Å². The van der Waals surface area contributed by atoms with Gasteiger partial charge in [-0.1, -0.05) is 0 Å². The van der Waals surface area contributed by atoms with Crippen molar-refractivity contribution in [1.29, 1.82) is 0 Å². The molecule has 110 valence electrons. The highest BCUT2D eigenvalue weighted by Crippen LogP contribution is 2.25. The molecule has 2 aliphatic rings. The largest absolute Gasteiger partial charge is 0.391 e. The van der Waals surface area contributed by atoms with Crippen molar-refractivity contribution in [2.75, 3.05) is 26.2 Å². The minimum Gasteiger partial charge on any atom is -0.391 e. The Bertz CT molecular complexity index is 477. The molecule has 1 saturated carbocycles. The predicted octanol–water partition coefficient (Wildman–Crippen LogP) is 0.696. The summed E-state index contributed by atoms with van der Waals surface area (Å²) in [4.78, 5) is 16.7. The highest BCUT2D eigenvalue weighted by molar-refractivity contribution is 5.92. The summed E-state index contributed by atoms with van der Waals surface area (Å²) >= 11 is 0. The van der Waals surface area contributed by atoms with Crippen molar-refractivity contribution < 1.29 is 9.90 Å². The van der Waals surface area contributed by atoms with Gasteiger partial charge in [-0.15, -0.1) is 0 Å². The van der Waals surface area contributed by atoms with Crippen LogP contribution in [0.5, 0.6) is 0 Å². The van der Waals surface area contributed by atoms with E-state index >= 15 is 0 Å². The van der Waals surface area contributed by atoms with Gasteiger partial charge in [0.15, 0.2) is 0 Å². The van der Waals surface area contributed by atoms with Crippen LogP contribution in [-0.4, -0.2) is 63.7 Å². The molecule has 2 fully saturated rings. The summed E-state index contributed by atoms with van der Waals surface area (Å²) in [5, 5.41) is 9.98.